The molecule has 1 unspecified atom stereocenters. The van der Waals surface area contributed by atoms with Crippen molar-refractivity contribution in [2.75, 3.05) is 0 Å². The lowest BCUT2D eigenvalue weighted by Gasteiger charge is -2.13. The zero-order valence-corrected chi connectivity index (χ0v) is 14.2. The Morgan fingerprint density at radius 3 is 2.50 bits per heavy atom. The summed E-state index contributed by atoms with van der Waals surface area (Å²) in [6, 6.07) is 17.5. The summed E-state index contributed by atoms with van der Waals surface area (Å²) in [5, 5.41) is 9.14. The number of hydrogen-bond donors (Lipinski definition) is 0. The number of aldehydes is 1. The number of carbonyl (C=O) groups is 1. The van der Waals surface area contributed by atoms with Gasteiger partial charge in [0, 0.05) is 16.4 Å². The SMILES string of the molecule is CCCC(Sc1nnc(-c2ccc(C=O)cc2)o1)c1ccccc1. The van der Waals surface area contributed by atoms with Crippen LogP contribution in [0.1, 0.15) is 40.9 Å². The number of aromatic nitrogens is 2. The van der Waals surface area contributed by atoms with E-state index < -0.39 is 0 Å². The van der Waals surface area contributed by atoms with Crippen LogP contribution in [0.15, 0.2) is 64.2 Å². The molecule has 1 aromatic heterocycles. The van der Waals surface area contributed by atoms with E-state index in [9.17, 15) is 4.79 Å². The largest absolute Gasteiger partial charge is 0.411 e. The van der Waals surface area contributed by atoms with Crippen LogP contribution in [0.2, 0.25) is 0 Å². The van der Waals surface area contributed by atoms with Crippen molar-refractivity contribution in [1.82, 2.24) is 10.2 Å². The van der Waals surface area contributed by atoms with E-state index in [1.165, 1.54) is 5.56 Å². The van der Waals surface area contributed by atoms with Gasteiger partial charge in [-0.25, -0.2) is 0 Å². The van der Waals surface area contributed by atoms with Gasteiger partial charge in [0.1, 0.15) is 6.29 Å². The van der Waals surface area contributed by atoms with Crippen molar-refractivity contribution in [3.05, 3.63) is 65.7 Å². The maximum absolute atomic E-state index is 10.7. The third-order valence-corrected chi connectivity index (χ3v) is 4.82. The van der Waals surface area contributed by atoms with Crippen molar-refractivity contribution in [3.63, 3.8) is 0 Å². The van der Waals surface area contributed by atoms with Gasteiger partial charge < -0.3 is 4.42 Å². The minimum absolute atomic E-state index is 0.293. The van der Waals surface area contributed by atoms with Crippen LogP contribution >= 0.6 is 11.8 Å². The molecule has 0 saturated heterocycles. The molecule has 0 fully saturated rings. The fourth-order valence-electron chi connectivity index (χ4n) is 2.42. The fraction of sp³-hybridized carbons (Fsp3) is 0.211. The molecule has 5 heteroatoms. The van der Waals surface area contributed by atoms with Gasteiger partial charge in [-0.3, -0.25) is 4.79 Å². The molecule has 0 N–H and O–H groups in total. The van der Waals surface area contributed by atoms with E-state index in [1.54, 1.807) is 23.9 Å². The highest BCUT2D eigenvalue weighted by atomic mass is 32.2. The van der Waals surface area contributed by atoms with Gasteiger partial charge in [-0.2, -0.15) is 0 Å². The Morgan fingerprint density at radius 2 is 1.83 bits per heavy atom. The maximum Gasteiger partial charge on any atom is 0.277 e. The van der Waals surface area contributed by atoms with E-state index in [4.69, 9.17) is 4.42 Å². The van der Waals surface area contributed by atoms with Gasteiger partial charge in [0.05, 0.1) is 0 Å². The molecule has 24 heavy (non-hydrogen) atoms. The van der Waals surface area contributed by atoms with E-state index in [0.29, 0.717) is 21.9 Å². The second-order valence-corrected chi connectivity index (χ2v) is 6.57. The highest BCUT2D eigenvalue weighted by Crippen LogP contribution is 2.38. The lowest BCUT2D eigenvalue weighted by molar-refractivity contribution is 0.112. The van der Waals surface area contributed by atoms with Gasteiger partial charge in [0.2, 0.25) is 5.89 Å². The zero-order valence-electron chi connectivity index (χ0n) is 13.4. The number of thioether (sulfide) groups is 1. The molecule has 0 aliphatic rings. The first-order valence-electron chi connectivity index (χ1n) is 7.91. The normalized spacial score (nSPS) is 12.0. The summed E-state index contributed by atoms with van der Waals surface area (Å²) < 4.78 is 5.79. The summed E-state index contributed by atoms with van der Waals surface area (Å²) in [5.41, 5.74) is 2.70. The summed E-state index contributed by atoms with van der Waals surface area (Å²) in [4.78, 5) is 10.7. The van der Waals surface area contributed by atoms with E-state index >= 15 is 0 Å². The highest BCUT2D eigenvalue weighted by Gasteiger charge is 2.17. The van der Waals surface area contributed by atoms with Crippen LogP contribution in [0.3, 0.4) is 0 Å². The lowest BCUT2D eigenvalue weighted by atomic mass is 10.1. The first-order chi connectivity index (χ1) is 11.8. The summed E-state index contributed by atoms with van der Waals surface area (Å²) in [5.74, 6) is 0.471. The minimum atomic E-state index is 0.293. The molecule has 0 bridgehead atoms. The van der Waals surface area contributed by atoms with Gasteiger partial charge in [-0.05, 0) is 24.1 Å². The molecule has 2 aromatic carbocycles. The van der Waals surface area contributed by atoms with Crippen LogP contribution in [0.4, 0.5) is 0 Å². The van der Waals surface area contributed by atoms with Crippen LogP contribution in [0, 0.1) is 0 Å². The fourth-order valence-corrected chi connectivity index (χ4v) is 3.53. The predicted molar refractivity (Wildman–Crippen MR) is 95.1 cm³/mol. The van der Waals surface area contributed by atoms with Crippen LogP contribution in [-0.4, -0.2) is 16.5 Å². The Balaban J connectivity index is 1.77. The molecule has 3 aromatic rings. The number of hydrogen-bond acceptors (Lipinski definition) is 5. The molecule has 0 aliphatic carbocycles. The van der Waals surface area contributed by atoms with Crippen LogP contribution in [0.5, 0.6) is 0 Å². The Bertz CT molecular complexity index is 785. The summed E-state index contributed by atoms with van der Waals surface area (Å²) in [6.07, 6.45) is 2.94. The molecule has 0 radical (unpaired) electrons. The van der Waals surface area contributed by atoms with E-state index in [0.717, 1.165) is 24.7 Å². The summed E-state index contributed by atoms with van der Waals surface area (Å²) in [7, 11) is 0. The second-order valence-electron chi connectivity index (χ2n) is 5.42. The van der Waals surface area contributed by atoms with Crippen LogP contribution in [-0.2, 0) is 0 Å². The monoisotopic (exact) mass is 338 g/mol. The van der Waals surface area contributed by atoms with Crippen molar-refractivity contribution in [3.8, 4) is 11.5 Å². The average molecular weight is 338 g/mol. The third kappa shape index (κ3) is 3.92. The first-order valence-corrected chi connectivity index (χ1v) is 8.79. The van der Waals surface area contributed by atoms with Crippen LogP contribution < -0.4 is 0 Å². The number of rotatable bonds is 7. The molecule has 0 spiro atoms. The van der Waals surface area contributed by atoms with Gasteiger partial charge in [-0.15, -0.1) is 10.2 Å². The van der Waals surface area contributed by atoms with Crippen molar-refractivity contribution >= 4 is 18.0 Å². The molecular weight excluding hydrogens is 320 g/mol. The van der Waals surface area contributed by atoms with Gasteiger partial charge in [0.15, 0.2) is 0 Å². The molecule has 3 rings (SSSR count). The predicted octanol–water partition coefficient (Wildman–Crippen LogP) is 5.18. The molecule has 1 atom stereocenters. The van der Waals surface area contributed by atoms with Crippen molar-refractivity contribution < 1.29 is 9.21 Å². The number of nitrogens with zero attached hydrogens (tertiary/aromatic N) is 2. The summed E-state index contributed by atoms with van der Waals surface area (Å²) in [6.45, 7) is 2.17. The van der Waals surface area contributed by atoms with Crippen molar-refractivity contribution in [2.45, 2.75) is 30.2 Å². The van der Waals surface area contributed by atoms with Crippen molar-refractivity contribution in [2.24, 2.45) is 0 Å². The molecule has 0 saturated carbocycles. The summed E-state index contributed by atoms with van der Waals surface area (Å²) >= 11 is 1.59. The molecule has 0 amide bonds. The number of carbonyl (C=O) groups excluding carboxylic acids is 1. The van der Waals surface area contributed by atoms with E-state index in [1.807, 2.05) is 30.3 Å². The average Bonchev–Trinajstić information content (AvgIpc) is 3.11. The topological polar surface area (TPSA) is 56.0 Å². The Morgan fingerprint density at radius 1 is 1.08 bits per heavy atom. The molecular formula is C19H18N2O2S. The lowest BCUT2D eigenvalue weighted by Crippen LogP contribution is -1.93. The third-order valence-electron chi connectivity index (χ3n) is 3.67. The second kappa shape index (κ2) is 7.93. The van der Waals surface area contributed by atoms with Crippen LogP contribution in [0.25, 0.3) is 11.5 Å². The quantitative estimate of drug-likeness (QED) is 0.439. The Labute approximate surface area is 145 Å². The highest BCUT2D eigenvalue weighted by molar-refractivity contribution is 7.99. The van der Waals surface area contributed by atoms with Gasteiger partial charge in [0.25, 0.3) is 5.22 Å². The van der Waals surface area contributed by atoms with Crippen molar-refractivity contribution in [1.29, 1.82) is 0 Å². The van der Waals surface area contributed by atoms with Gasteiger partial charge >= 0.3 is 0 Å². The Hall–Kier alpha value is -2.40. The number of benzene rings is 2. The maximum atomic E-state index is 10.7. The molecule has 0 aliphatic heterocycles. The Kier molecular flexibility index (Phi) is 5.43. The molecule has 1 heterocycles. The minimum Gasteiger partial charge on any atom is -0.411 e. The smallest absolute Gasteiger partial charge is 0.277 e. The molecule has 4 nitrogen and oxygen atoms in total. The van der Waals surface area contributed by atoms with E-state index in [-0.39, 0.29) is 0 Å². The van der Waals surface area contributed by atoms with E-state index in [2.05, 4.69) is 29.3 Å². The molecule has 122 valence electrons. The van der Waals surface area contributed by atoms with Gasteiger partial charge in [-0.1, -0.05) is 67.6 Å². The zero-order chi connectivity index (χ0) is 16.8. The first kappa shape index (κ1) is 16.5. The standard InChI is InChI=1S/C19H18N2O2S/c1-2-6-17(15-7-4-3-5-8-15)24-19-21-20-18(23-19)16-11-9-14(13-22)10-12-16/h3-5,7-13,17H,2,6H2,1H3.